The van der Waals surface area contributed by atoms with E-state index in [4.69, 9.17) is 10.5 Å². The summed E-state index contributed by atoms with van der Waals surface area (Å²) in [6, 6.07) is 2.55. The third-order valence-electron chi connectivity index (χ3n) is 3.40. The van der Waals surface area contributed by atoms with E-state index in [9.17, 15) is 23.3 Å². The molecule has 0 bridgehead atoms. The fourth-order valence-electron chi connectivity index (χ4n) is 1.67. The molecule has 0 aliphatic carbocycles. The van der Waals surface area contributed by atoms with Gasteiger partial charge in [0.25, 0.3) is 5.69 Å². The van der Waals surface area contributed by atoms with E-state index in [1.807, 2.05) is 13.8 Å². The zero-order chi connectivity index (χ0) is 16.3. The Balaban J connectivity index is 3.04. The van der Waals surface area contributed by atoms with Gasteiger partial charge < -0.3 is 10.5 Å². The van der Waals surface area contributed by atoms with E-state index in [-0.39, 0.29) is 12.4 Å². The standard InChI is InChI=1S/C13H17F3N2O3/c1-3-12(17,4-2)8-21-9-5-6-11(18(19)20)10(7-9)13(14,15)16/h5-7H,3-4,8,17H2,1-2H3. The van der Waals surface area contributed by atoms with Gasteiger partial charge in [-0.15, -0.1) is 0 Å². The molecule has 1 rings (SSSR count). The van der Waals surface area contributed by atoms with Crippen molar-refractivity contribution in [3.8, 4) is 5.75 Å². The summed E-state index contributed by atoms with van der Waals surface area (Å²) in [4.78, 5) is 9.56. The van der Waals surface area contributed by atoms with Crippen LogP contribution in [0.3, 0.4) is 0 Å². The Bertz CT molecular complexity index is 514. The maximum absolute atomic E-state index is 12.8. The van der Waals surface area contributed by atoms with Gasteiger partial charge in [-0.2, -0.15) is 13.2 Å². The van der Waals surface area contributed by atoms with Crippen molar-refractivity contribution >= 4 is 5.69 Å². The molecule has 0 unspecified atom stereocenters. The first-order valence-corrected chi connectivity index (χ1v) is 6.40. The first-order chi connectivity index (χ1) is 9.63. The predicted octanol–water partition coefficient (Wildman–Crippen LogP) is 3.51. The second kappa shape index (κ2) is 6.30. The Morgan fingerprint density at radius 3 is 2.29 bits per heavy atom. The third-order valence-corrected chi connectivity index (χ3v) is 3.40. The van der Waals surface area contributed by atoms with Gasteiger partial charge in [0.1, 0.15) is 17.9 Å². The van der Waals surface area contributed by atoms with Crippen LogP contribution in [0.1, 0.15) is 32.3 Å². The molecule has 0 saturated carbocycles. The fourth-order valence-corrected chi connectivity index (χ4v) is 1.67. The van der Waals surface area contributed by atoms with Crippen LogP contribution in [0, 0.1) is 10.1 Å². The summed E-state index contributed by atoms with van der Waals surface area (Å²) in [5.41, 5.74) is 3.02. The highest BCUT2D eigenvalue weighted by Crippen LogP contribution is 2.38. The van der Waals surface area contributed by atoms with Gasteiger partial charge >= 0.3 is 6.18 Å². The lowest BCUT2D eigenvalue weighted by atomic mass is 9.96. The van der Waals surface area contributed by atoms with Crippen LogP contribution in [-0.2, 0) is 6.18 Å². The lowest BCUT2D eigenvalue weighted by Gasteiger charge is -2.26. The number of ether oxygens (including phenoxy) is 1. The molecule has 0 radical (unpaired) electrons. The molecule has 2 N–H and O–H groups in total. The molecule has 1 aromatic carbocycles. The lowest BCUT2D eigenvalue weighted by molar-refractivity contribution is -0.388. The second-order valence-electron chi connectivity index (χ2n) is 4.79. The number of nitrogens with zero attached hydrogens (tertiary/aromatic N) is 1. The molecule has 21 heavy (non-hydrogen) atoms. The highest BCUT2D eigenvalue weighted by atomic mass is 19.4. The van der Waals surface area contributed by atoms with E-state index in [1.54, 1.807) is 0 Å². The third kappa shape index (κ3) is 4.32. The minimum Gasteiger partial charge on any atom is -0.492 e. The zero-order valence-corrected chi connectivity index (χ0v) is 11.7. The van der Waals surface area contributed by atoms with Crippen molar-refractivity contribution in [1.82, 2.24) is 0 Å². The highest BCUT2D eigenvalue weighted by Gasteiger charge is 2.38. The van der Waals surface area contributed by atoms with Crippen LogP contribution in [0.25, 0.3) is 0 Å². The van der Waals surface area contributed by atoms with Crippen molar-refractivity contribution < 1.29 is 22.8 Å². The molecule has 0 aromatic heterocycles. The van der Waals surface area contributed by atoms with Gasteiger partial charge in [-0.1, -0.05) is 13.8 Å². The smallest absolute Gasteiger partial charge is 0.423 e. The molecule has 0 saturated heterocycles. The van der Waals surface area contributed by atoms with Crippen molar-refractivity contribution in [3.05, 3.63) is 33.9 Å². The van der Waals surface area contributed by atoms with Crippen molar-refractivity contribution in [3.63, 3.8) is 0 Å². The van der Waals surface area contributed by atoms with E-state index >= 15 is 0 Å². The molecule has 0 aliphatic rings. The van der Waals surface area contributed by atoms with Gasteiger partial charge in [-0.3, -0.25) is 10.1 Å². The average molecular weight is 306 g/mol. The summed E-state index contributed by atoms with van der Waals surface area (Å²) in [7, 11) is 0. The van der Waals surface area contributed by atoms with Gasteiger partial charge in [0.05, 0.1) is 4.92 Å². The van der Waals surface area contributed by atoms with Crippen molar-refractivity contribution in [2.75, 3.05) is 6.61 Å². The molecule has 0 heterocycles. The summed E-state index contributed by atoms with van der Waals surface area (Å²) in [5, 5.41) is 10.6. The van der Waals surface area contributed by atoms with E-state index < -0.39 is 27.9 Å². The van der Waals surface area contributed by atoms with E-state index in [2.05, 4.69) is 0 Å². The Morgan fingerprint density at radius 2 is 1.86 bits per heavy atom. The van der Waals surface area contributed by atoms with Gasteiger partial charge in [0, 0.05) is 11.6 Å². The molecule has 5 nitrogen and oxygen atoms in total. The quantitative estimate of drug-likeness (QED) is 0.644. The van der Waals surface area contributed by atoms with Gasteiger partial charge in [-0.05, 0) is 25.0 Å². The molecule has 0 aliphatic heterocycles. The summed E-state index contributed by atoms with van der Waals surface area (Å²) in [6.07, 6.45) is -3.62. The van der Waals surface area contributed by atoms with Crippen molar-refractivity contribution in [2.45, 2.75) is 38.4 Å². The number of benzene rings is 1. The van der Waals surface area contributed by atoms with Crippen LogP contribution in [0.5, 0.6) is 5.75 Å². The molecular formula is C13H17F3N2O3. The largest absolute Gasteiger partial charge is 0.492 e. The Kier molecular flexibility index (Phi) is 5.16. The number of halogens is 3. The fraction of sp³-hybridized carbons (Fsp3) is 0.538. The number of hydrogen-bond acceptors (Lipinski definition) is 4. The average Bonchev–Trinajstić information content (AvgIpc) is 2.43. The number of alkyl halides is 3. The topological polar surface area (TPSA) is 78.4 Å². The van der Waals surface area contributed by atoms with Gasteiger partial charge in [0.15, 0.2) is 0 Å². The van der Waals surface area contributed by atoms with E-state index in [1.165, 1.54) is 0 Å². The molecule has 118 valence electrons. The maximum Gasteiger partial charge on any atom is 0.423 e. The minimum atomic E-state index is -4.82. The number of nitro groups is 1. The SMILES string of the molecule is CCC(N)(CC)COc1ccc([N+](=O)[O-])c(C(F)(F)F)c1. The normalized spacial score (nSPS) is 12.3. The molecule has 0 spiro atoms. The van der Waals surface area contributed by atoms with Gasteiger partial charge in [0.2, 0.25) is 0 Å². The molecule has 0 fully saturated rings. The van der Waals surface area contributed by atoms with Crippen LogP contribution in [0.2, 0.25) is 0 Å². The Hall–Kier alpha value is -1.83. The number of nitro benzene ring substituents is 1. The maximum atomic E-state index is 12.8. The first kappa shape index (κ1) is 17.2. The lowest BCUT2D eigenvalue weighted by Crippen LogP contribution is -2.44. The summed E-state index contributed by atoms with van der Waals surface area (Å²) in [6.45, 7) is 3.74. The van der Waals surface area contributed by atoms with Crippen LogP contribution >= 0.6 is 0 Å². The molecule has 0 amide bonds. The highest BCUT2D eigenvalue weighted by molar-refractivity contribution is 5.47. The van der Waals surface area contributed by atoms with E-state index in [0.717, 1.165) is 12.1 Å². The minimum absolute atomic E-state index is 0.0368. The summed E-state index contributed by atoms with van der Waals surface area (Å²) in [5.74, 6) is -0.0929. The summed E-state index contributed by atoms with van der Waals surface area (Å²) >= 11 is 0. The van der Waals surface area contributed by atoms with E-state index in [0.29, 0.717) is 18.9 Å². The Labute approximate surface area is 120 Å². The summed E-state index contributed by atoms with van der Waals surface area (Å²) < 4.78 is 43.7. The van der Waals surface area contributed by atoms with Crippen LogP contribution in [-0.4, -0.2) is 17.1 Å². The van der Waals surface area contributed by atoms with Crippen LogP contribution in [0.4, 0.5) is 18.9 Å². The van der Waals surface area contributed by atoms with Crippen molar-refractivity contribution in [2.24, 2.45) is 5.73 Å². The molecule has 0 atom stereocenters. The monoisotopic (exact) mass is 306 g/mol. The van der Waals surface area contributed by atoms with Crippen LogP contribution in [0.15, 0.2) is 18.2 Å². The second-order valence-corrected chi connectivity index (χ2v) is 4.79. The number of nitrogens with two attached hydrogens (primary N) is 1. The van der Waals surface area contributed by atoms with Crippen LogP contribution < -0.4 is 10.5 Å². The predicted molar refractivity (Wildman–Crippen MR) is 71.1 cm³/mol. The number of rotatable bonds is 6. The first-order valence-electron chi connectivity index (χ1n) is 6.40. The molecule has 8 heteroatoms. The molecular weight excluding hydrogens is 289 g/mol. The zero-order valence-electron chi connectivity index (χ0n) is 11.7. The molecule has 1 aromatic rings. The van der Waals surface area contributed by atoms with Crippen molar-refractivity contribution in [1.29, 1.82) is 0 Å². The van der Waals surface area contributed by atoms with Gasteiger partial charge in [-0.25, -0.2) is 0 Å². The number of hydrogen-bond donors (Lipinski definition) is 1. The Morgan fingerprint density at radius 1 is 1.29 bits per heavy atom.